The third kappa shape index (κ3) is 4.74. The summed E-state index contributed by atoms with van der Waals surface area (Å²) in [5.74, 6) is -2.03. The van der Waals surface area contributed by atoms with E-state index in [-0.39, 0.29) is 22.0 Å². The molecule has 2 aromatic carbocycles. The van der Waals surface area contributed by atoms with Crippen LogP contribution in [0.5, 0.6) is 0 Å². The van der Waals surface area contributed by atoms with Crippen LogP contribution in [0.4, 0.5) is 15.8 Å². The largest absolute Gasteiger partial charge is 0.452 e. The van der Waals surface area contributed by atoms with E-state index in [4.69, 9.17) is 16.3 Å². The molecule has 25 heavy (non-hydrogen) atoms. The Morgan fingerprint density at radius 3 is 2.60 bits per heavy atom. The van der Waals surface area contributed by atoms with E-state index >= 15 is 0 Å². The molecular formula is C16H12ClFN2O5. The number of carbonyl (C=O) groups is 2. The van der Waals surface area contributed by atoms with Crippen molar-refractivity contribution in [2.45, 2.75) is 6.92 Å². The van der Waals surface area contributed by atoms with E-state index in [9.17, 15) is 24.1 Å². The molecule has 0 spiro atoms. The summed E-state index contributed by atoms with van der Waals surface area (Å²) in [4.78, 5) is 33.8. The summed E-state index contributed by atoms with van der Waals surface area (Å²) in [6.07, 6.45) is 0. The zero-order valence-electron chi connectivity index (χ0n) is 12.9. The van der Waals surface area contributed by atoms with Gasteiger partial charge in [0.2, 0.25) is 0 Å². The van der Waals surface area contributed by atoms with Crippen LogP contribution < -0.4 is 5.32 Å². The van der Waals surface area contributed by atoms with Gasteiger partial charge in [0, 0.05) is 11.6 Å². The molecule has 0 aliphatic heterocycles. The van der Waals surface area contributed by atoms with Gasteiger partial charge in [0.25, 0.3) is 11.6 Å². The molecule has 0 heterocycles. The van der Waals surface area contributed by atoms with E-state index in [1.54, 1.807) is 0 Å². The Balaban J connectivity index is 1.96. The lowest BCUT2D eigenvalue weighted by molar-refractivity contribution is -0.385. The molecule has 1 N–H and O–H groups in total. The van der Waals surface area contributed by atoms with Crippen molar-refractivity contribution >= 4 is 34.9 Å². The van der Waals surface area contributed by atoms with Gasteiger partial charge in [-0.15, -0.1) is 0 Å². The van der Waals surface area contributed by atoms with Gasteiger partial charge >= 0.3 is 5.97 Å². The highest BCUT2D eigenvalue weighted by Gasteiger charge is 2.16. The Bertz CT molecular complexity index is 856. The smallest absolute Gasteiger partial charge is 0.338 e. The fraction of sp³-hybridized carbons (Fsp3) is 0.125. The van der Waals surface area contributed by atoms with Crippen LogP contribution >= 0.6 is 11.6 Å². The van der Waals surface area contributed by atoms with Crippen molar-refractivity contribution in [3.05, 3.63) is 68.5 Å². The SMILES string of the molecule is Cc1cc(C(=O)OCC(=O)Nc2ccc(F)cc2Cl)ccc1[N+](=O)[O-]. The lowest BCUT2D eigenvalue weighted by Crippen LogP contribution is -2.21. The second-order valence-electron chi connectivity index (χ2n) is 5.01. The summed E-state index contributed by atoms with van der Waals surface area (Å²) < 4.78 is 17.8. The Morgan fingerprint density at radius 2 is 2.00 bits per heavy atom. The van der Waals surface area contributed by atoms with Gasteiger partial charge < -0.3 is 10.1 Å². The van der Waals surface area contributed by atoms with Crippen molar-refractivity contribution in [1.29, 1.82) is 0 Å². The normalized spacial score (nSPS) is 10.2. The minimum atomic E-state index is -0.807. The first-order chi connectivity index (χ1) is 11.8. The van der Waals surface area contributed by atoms with E-state index in [2.05, 4.69) is 5.32 Å². The van der Waals surface area contributed by atoms with E-state index in [0.29, 0.717) is 5.56 Å². The number of carbonyl (C=O) groups excluding carboxylic acids is 2. The van der Waals surface area contributed by atoms with Crippen LogP contribution in [0.25, 0.3) is 0 Å². The highest BCUT2D eigenvalue weighted by Crippen LogP contribution is 2.22. The number of nitrogens with zero attached hydrogens (tertiary/aromatic N) is 1. The Morgan fingerprint density at radius 1 is 1.28 bits per heavy atom. The lowest BCUT2D eigenvalue weighted by Gasteiger charge is -2.08. The summed E-state index contributed by atoms with van der Waals surface area (Å²) >= 11 is 5.77. The monoisotopic (exact) mass is 366 g/mol. The van der Waals surface area contributed by atoms with E-state index < -0.39 is 29.2 Å². The predicted octanol–water partition coefficient (Wildman–Crippen LogP) is 3.49. The van der Waals surface area contributed by atoms with Crippen LogP contribution in [-0.2, 0) is 9.53 Å². The first-order valence-corrected chi connectivity index (χ1v) is 7.33. The number of hydrogen-bond acceptors (Lipinski definition) is 5. The second-order valence-corrected chi connectivity index (χ2v) is 5.41. The van der Waals surface area contributed by atoms with Crippen molar-refractivity contribution in [3.63, 3.8) is 0 Å². The molecule has 0 bridgehead atoms. The van der Waals surface area contributed by atoms with Crippen molar-refractivity contribution in [3.8, 4) is 0 Å². The fourth-order valence-corrected chi connectivity index (χ4v) is 2.19. The van der Waals surface area contributed by atoms with Gasteiger partial charge in [0.15, 0.2) is 6.61 Å². The average Bonchev–Trinajstić information content (AvgIpc) is 2.54. The molecule has 1 amide bonds. The summed E-state index contributed by atoms with van der Waals surface area (Å²) in [6, 6.07) is 7.15. The molecule has 0 aliphatic carbocycles. The van der Waals surface area contributed by atoms with Crippen LogP contribution in [0.1, 0.15) is 15.9 Å². The maximum atomic E-state index is 12.9. The van der Waals surface area contributed by atoms with Gasteiger partial charge in [-0.1, -0.05) is 11.6 Å². The van der Waals surface area contributed by atoms with E-state index in [1.165, 1.54) is 31.2 Å². The number of anilines is 1. The van der Waals surface area contributed by atoms with Crippen LogP contribution in [0.15, 0.2) is 36.4 Å². The number of benzene rings is 2. The second kappa shape index (κ2) is 7.71. The molecule has 2 rings (SSSR count). The molecule has 7 nitrogen and oxygen atoms in total. The third-order valence-electron chi connectivity index (χ3n) is 3.17. The molecular weight excluding hydrogens is 355 g/mol. The summed E-state index contributed by atoms with van der Waals surface area (Å²) in [6.45, 7) is 0.890. The number of nitro benzene ring substituents is 1. The van der Waals surface area contributed by atoms with Crippen LogP contribution in [-0.4, -0.2) is 23.4 Å². The Hall–Kier alpha value is -3.00. The van der Waals surface area contributed by atoms with Gasteiger partial charge in [0.1, 0.15) is 5.82 Å². The number of hydrogen-bond donors (Lipinski definition) is 1. The number of nitro groups is 1. The molecule has 0 saturated heterocycles. The molecule has 0 saturated carbocycles. The molecule has 2 aromatic rings. The highest BCUT2D eigenvalue weighted by atomic mass is 35.5. The highest BCUT2D eigenvalue weighted by molar-refractivity contribution is 6.33. The van der Waals surface area contributed by atoms with Gasteiger partial charge in [-0.25, -0.2) is 9.18 Å². The first kappa shape index (κ1) is 18.3. The minimum Gasteiger partial charge on any atom is -0.452 e. The van der Waals surface area contributed by atoms with Crippen molar-refractivity contribution in [1.82, 2.24) is 0 Å². The summed E-state index contributed by atoms with van der Waals surface area (Å²) in [7, 11) is 0. The minimum absolute atomic E-state index is 0.00525. The van der Waals surface area contributed by atoms with Gasteiger partial charge in [-0.2, -0.15) is 0 Å². The zero-order valence-corrected chi connectivity index (χ0v) is 13.7. The number of ether oxygens (including phenoxy) is 1. The summed E-state index contributed by atoms with van der Waals surface area (Å²) in [5.41, 5.74) is 0.424. The quantitative estimate of drug-likeness (QED) is 0.496. The summed E-state index contributed by atoms with van der Waals surface area (Å²) in [5, 5.41) is 13.1. The maximum absolute atomic E-state index is 12.9. The number of aryl methyl sites for hydroxylation is 1. The van der Waals surface area contributed by atoms with E-state index in [1.807, 2.05) is 0 Å². The van der Waals surface area contributed by atoms with Gasteiger partial charge in [-0.3, -0.25) is 14.9 Å². The predicted molar refractivity (Wildman–Crippen MR) is 88.2 cm³/mol. The molecule has 9 heteroatoms. The number of nitrogens with one attached hydrogen (secondary N) is 1. The molecule has 0 aliphatic rings. The molecule has 130 valence electrons. The fourth-order valence-electron chi connectivity index (χ4n) is 1.98. The van der Waals surface area contributed by atoms with Crippen LogP contribution in [0.2, 0.25) is 5.02 Å². The number of halogens is 2. The Kier molecular flexibility index (Phi) is 5.66. The molecule has 0 aromatic heterocycles. The van der Waals surface area contributed by atoms with Crippen molar-refractivity contribution in [2.24, 2.45) is 0 Å². The Labute approximate surface area is 146 Å². The lowest BCUT2D eigenvalue weighted by atomic mass is 10.1. The van der Waals surface area contributed by atoms with Crippen molar-refractivity contribution in [2.75, 3.05) is 11.9 Å². The van der Waals surface area contributed by atoms with Crippen LogP contribution in [0, 0.1) is 22.9 Å². The number of esters is 1. The van der Waals surface area contributed by atoms with Crippen molar-refractivity contribution < 1.29 is 23.6 Å². The standard InChI is InChI=1S/C16H12ClFN2O5/c1-9-6-10(2-5-14(9)20(23)24)16(22)25-8-15(21)19-13-4-3-11(18)7-12(13)17/h2-7H,8H2,1H3,(H,19,21). The van der Waals surface area contributed by atoms with E-state index in [0.717, 1.165) is 12.1 Å². The maximum Gasteiger partial charge on any atom is 0.338 e. The van der Waals surface area contributed by atoms with Gasteiger partial charge in [0.05, 0.1) is 21.2 Å². The molecule has 0 unspecified atom stereocenters. The molecule has 0 atom stereocenters. The molecule has 0 radical (unpaired) electrons. The molecule has 0 fully saturated rings. The average molecular weight is 367 g/mol. The topological polar surface area (TPSA) is 98.5 Å². The number of amides is 1. The third-order valence-corrected chi connectivity index (χ3v) is 3.48. The zero-order chi connectivity index (χ0) is 18.6. The van der Waals surface area contributed by atoms with Crippen LogP contribution in [0.3, 0.4) is 0 Å². The first-order valence-electron chi connectivity index (χ1n) is 6.95. The van der Waals surface area contributed by atoms with Gasteiger partial charge in [-0.05, 0) is 37.3 Å². The number of rotatable bonds is 5.